The molecule has 0 fully saturated rings. The number of pyridine rings is 1. The molecule has 1 N–H and O–H groups in total. The van der Waals surface area contributed by atoms with Crippen molar-refractivity contribution in [1.29, 1.82) is 0 Å². The highest BCUT2D eigenvalue weighted by Gasteiger charge is 2.14. The molecule has 1 aromatic heterocycles. The van der Waals surface area contributed by atoms with E-state index in [0.29, 0.717) is 5.56 Å². The second-order valence-corrected chi connectivity index (χ2v) is 5.61. The molecule has 114 valence electrons. The molecule has 0 aliphatic heterocycles. The zero-order chi connectivity index (χ0) is 16.4. The van der Waals surface area contributed by atoms with Gasteiger partial charge < -0.3 is 4.98 Å². The van der Waals surface area contributed by atoms with Gasteiger partial charge in [0.1, 0.15) is 0 Å². The fourth-order valence-electron chi connectivity index (χ4n) is 2.64. The Morgan fingerprint density at radius 1 is 1.00 bits per heavy atom. The lowest BCUT2D eigenvalue weighted by atomic mass is 10.0. The van der Waals surface area contributed by atoms with Crippen LogP contribution in [0.15, 0.2) is 59.4 Å². The number of hydrogen-bond acceptors (Lipinski definition) is 2. The van der Waals surface area contributed by atoms with E-state index in [0.717, 1.165) is 22.0 Å². The van der Waals surface area contributed by atoms with Crippen LogP contribution in [0, 0.1) is 13.8 Å². The summed E-state index contributed by atoms with van der Waals surface area (Å²) in [5.74, 6) is -0.282. The van der Waals surface area contributed by atoms with Gasteiger partial charge in [0.25, 0.3) is 5.56 Å². The van der Waals surface area contributed by atoms with Gasteiger partial charge in [-0.3, -0.25) is 9.59 Å². The number of hydrogen-bond donors (Lipinski definition) is 1. The van der Waals surface area contributed by atoms with E-state index in [1.54, 1.807) is 6.08 Å². The smallest absolute Gasteiger partial charge is 0.259 e. The predicted octanol–water partition coefficient (Wildman–Crippen LogP) is 4.04. The van der Waals surface area contributed by atoms with Crippen LogP contribution >= 0.6 is 0 Å². The molecule has 0 bridgehead atoms. The molecule has 1 heterocycles. The summed E-state index contributed by atoms with van der Waals surface area (Å²) in [5.41, 5.74) is 3.40. The summed E-state index contributed by atoms with van der Waals surface area (Å²) in [5, 5.41) is 0.888. The summed E-state index contributed by atoms with van der Waals surface area (Å²) in [4.78, 5) is 27.5. The van der Waals surface area contributed by atoms with Crippen LogP contribution in [-0.4, -0.2) is 10.8 Å². The zero-order valence-corrected chi connectivity index (χ0v) is 13.1. The maximum atomic E-state index is 12.5. The standard InChI is InChI=1S/C20H17NO2/c1-13-7-9-15(10-8-13)11-12-18(22)19-14(2)16-5-3-4-6-17(16)21-20(19)23/h3-12H,1-2H3,(H,21,23). The van der Waals surface area contributed by atoms with Crippen molar-refractivity contribution in [3.8, 4) is 0 Å². The largest absolute Gasteiger partial charge is 0.321 e. The first-order chi connectivity index (χ1) is 11.1. The third-order valence-electron chi connectivity index (χ3n) is 3.93. The van der Waals surface area contributed by atoms with Gasteiger partial charge in [-0.1, -0.05) is 54.1 Å². The van der Waals surface area contributed by atoms with Gasteiger partial charge >= 0.3 is 0 Å². The normalized spacial score (nSPS) is 11.2. The molecule has 3 nitrogen and oxygen atoms in total. The number of aryl methyl sites for hydroxylation is 2. The number of aromatic amines is 1. The lowest BCUT2D eigenvalue weighted by Crippen LogP contribution is -2.18. The molecule has 0 saturated heterocycles. The van der Waals surface area contributed by atoms with Crippen molar-refractivity contribution in [3.05, 3.63) is 87.2 Å². The Balaban J connectivity index is 2.01. The van der Waals surface area contributed by atoms with Gasteiger partial charge in [0.05, 0.1) is 5.56 Å². The maximum Gasteiger partial charge on any atom is 0.259 e. The Labute approximate surface area is 134 Å². The fraction of sp³-hybridized carbons (Fsp3) is 0.100. The lowest BCUT2D eigenvalue weighted by Gasteiger charge is -2.06. The fourth-order valence-corrected chi connectivity index (χ4v) is 2.64. The first-order valence-corrected chi connectivity index (χ1v) is 7.47. The Bertz CT molecular complexity index is 963. The van der Waals surface area contributed by atoms with Crippen LogP contribution in [0.25, 0.3) is 17.0 Å². The first-order valence-electron chi connectivity index (χ1n) is 7.47. The summed E-state index contributed by atoms with van der Waals surface area (Å²) < 4.78 is 0. The Morgan fingerprint density at radius 3 is 2.43 bits per heavy atom. The average Bonchev–Trinajstić information content (AvgIpc) is 2.54. The van der Waals surface area contributed by atoms with E-state index in [-0.39, 0.29) is 16.9 Å². The van der Waals surface area contributed by atoms with Crippen molar-refractivity contribution in [2.75, 3.05) is 0 Å². The quantitative estimate of drug-likeness (QED) is 0.586. The van der Waals surface area contributed by atoms with Gasteiger partial charge in [0.2, 0.25) is 0 Å². The molecular weight excluding hydrogens is 286 g/mol. The number of benzene rings is 2. The van der Waals surface area contributed by atoms with Gasteiger partial charge in [-0.15, -0.1) is 0 Å². The van der Waals surface area contributed by atoms with Crippen molar-refractivity contribution >= 4 is 22.8 Å². The van der Waals surface area contributed by atoms with Crippen molar-refractivity contribution < 1.29 is 4.79 Å². The third kappa shape index (κ3) is 2.99. The highest BCUT2D eigenvalue weighted by atomic mass is 16.1. The van der Waals surface area contributed by atoms with Crippen molar-refractivity contribution in [2.45, 2.75) is 13.8 Å². The number of H-pyrrole nitrogens is 1. The van der Waals surface area contributed by atoms with E-state index < -0.39 is 0 Å². The summed E-state index contributed by atoms with van der Waals surface area (Å²) >= 11 is 0. The van der Waals surface area contributed by atoms with E-state index in [1.165, 1.54) is 6.08 Å². The van der Waals surface area contributed by atoms with Crippen LogP contribution in [0.5, 0.6) is 0 Å². The number of ketones is 1. The summed E-state index contributed by atoms with van der Waals surface area (Å²) in [6.45, 7) is 3.82. The molecule has 0 radical (unpaired) electrons. The minimum absolute atomic E-state index is 0.201. The van der Waals surface area contributed by atoms with Crippen LogP contribution in [-0.2, 0) is 0 Å². The van der Waals surface area contributed by atoms with E-state index in [4.69, 9.17) is 0 Å². The van der Waals surface area contributed by atoms with Gasteiger partial charge in [0, 0.05) is 10.9 Å². The van der Waals surface area contributed by atoms with Crippen molar-refractivity contribution in [3.63, 3.8) is 0 Å². The summed E-state index contributed by atoms with van der Waals surface area (Å²) in [6.07, 6.45) is 3.19. The minimum atomic E-state index is -0.347. The molecule has 0 amide bonds. The van der Waals surface area contributed by atoms with Gasteiger partial charge in [-0.2, -0.15) is 0 Å². The molecule has 0 spiro atoms. The van der Waals surface area contributed by atoms with E-state index >= 15 is 0 Å². The topological polar surface area (TPSA) is 49.9 Å². The zero-order valence-electron chi connectivity index (χ0n) is 13.1. The first kappa shape index (κ1) is 15.0. The van der Waals surface area contributed by atoms with E-state index in [9.17, 15) is 9.59 Å². The molecule has 0 aliphatic rings. The third-order valence-corrected chi connectivity index (χ3v) is 3.93. The number of nitrogens with one attached hydrogen (secondary N) is 1. The number of allylic oxidation sites excluding steroid dienone is 1. The monoisotopic (exact) mass is 303 g/mol. The van der Waals surface area contributed by atoms with Crippen LogP contribution in [0.2, 0.25) is 0 Å². The molecule has 23 heavy (non-hydrogen) atoms. The minimum Gasteiger partial charge on any atom is -0.321 e. The molecule has 3 heteroatoms. The molecule has 3 rings (SSSR count). The summed E-state index contributed by atoms with van der Waals surface area (Å²) in [7, 11) is 0. The Morgan fingerprint density at radius 2 is 1.70 bits per heavy atom. The summed E-state index contributed by atoms with van der Waals surface area (Å²) in [6, 6.07) is 15.3. The van der Waals surface area contributed by atoms with Gasteiger partial charge in [-0.05, 0) is 37.1 Å². The number of fused-ring (bicyclic) bond motifs is 1. The number of rotatable bonds is 3. The molecule has 2 aromatic carbocycles. The van der Waals surface area contributed by atoms with Gasteiger partial charge in [0.15, 0.2) is 5.78 Å². The molecule has 0 aliphatic carbocycles. The highest BCUT2D eigenvalue weighted by Crippen LogP contribution is 2.17. The SMILES string of the molecule is Cc1ccc(C=CC(=O)c2c(C)c3ccccc3[nH]c2=O)cc1. The number of para-hydroxylation sites is 1. The number of carbonyl (C=O) groups is 1. The molecule has 0 atom stereocenters. The van der Waals surface area contributed by atoms with Gasteiger partial charge in [-0.25, -0.2) is 0 Å². The van der Waals surface area contributed by atoms with Crippen LogP contribution in [0.1, 0.15) is 27.0 Å². The maximum absolute atomic E-state index is 12.5. The second-order valence-electron chi connectivity index (χ2n) is 5.61. The molecule has 0 saturated carbocycles. The number of carbonyl (C=O) groups excluding carboxylic acids is 1. The van der Waals surface area contributed by atoms with E-state index in [1.807, 2.05) is 62.4 Å². The second kappa shape index (κ2) is 6.05. The van der Waals surface area contributed by atoms with Crippen molar-refractivity contribution in [2.24, 2.45) is 0 Å². The molecule has 0 unspecified atom stereocenters. The average molecular weight is 303 g/mol. The van der Waals surface area contributed by atoms with Crippen LogP contribution in [0.3, 0.4) is 0 Å². The Kier molecular flexibility index (Phi) is 3.94. The molecular formula is C20H17NO2. The van der Waals surface area contributed by atoms with Crippen LogP contribution in [0.4, 0.5) is 0 Å². The van der Waals surface area contributed by atoms with E-state index in [2.05, 4.69) is 4.98 Å². The molecule has 3 aromatic rings. The number of aromatic nitrogens is 1. The highest BCUT2D eigenvalue weighted by molar-refractivity contribution is 6.09. The van der Waals surface area contributed by atoms with Crippen molar-refractivity contribution in [1.82, 2.24) is 4.98 Å². The lowest BCUT2D eigenvalue weighted by molar-refractivity contribution is 0.104. The Hall–Kier alpha value is -2.94. The predicted molar refractivity (Wildman–Crippen MR) is 93.8 cm³/mol. The van der Waals surface area contributed by atoms with Crippen LogP contribution < -0.4 is 5.56 Å².